The van der Waals surface area contributed by atoms with Crippen LogP contribution in [-0.4, -0.2) is 17.0 Å². The van der Waals surface area contributed by atoms with E-state index in [1.165, 1.54) is 5.56 Å². The first kappa shape index (κ1) is 17.0. The zero-order chi connectivity index (χ0) is 12.4. The maximum atomic E-state index is 9.78. The van der Waals surface area contributed by atoms with Crippen LogP contribution in [0.2, 0.25) is 0 Å². The third-order valence-electron chi connectivity index (χ3n) is 1.43. The number of carboxylic acid groups (broad SMARTS) is 1. The molecule has 0 bridgehead atoms. The fourth-order valence-electron chi connectivity index (χ4n) is 0.743. The third kappa shape index (κ3) is 11.5. The Kier molecular flexibility index (Phi) is 10.1. The van der Waals surface area contributed by atoms with Crippen molar-refractivity contribution in [3.05, 3.63) is 54.6 Å². The van der Waals surface area contributed by atoms with Gasteiger partial charge < -0.3 is 17.0 Å². The molecule has 0 aliphatic heterocycles. The average molecular weight is 236 g/mol. The molecule has 0 aliphatic rings. The summed E-state index contributed by atoms with van der Waals surface area (Å²) < 4.78 is 0. The lowest BCUT2D eigenvalue weighted by Crippen LogP contribution is -2.06. The lowest BCUT2D eigenvalue weighted by atomic mass is 10.2. The van der Waals surface area contributed by atoms with Crippen LogP contribution < -0.4 is 11.9 Å². The van der Waals surface area contributed by atoms with E-state index in [2.05, 4.69) is 12.3 Å². The van der Waals surface area contributed by atoms with Gasteiger partial charge in [0, 0.05) is 12.2 Å². The Bertz CT molecular complexity index is 370. The second kappa shape index (κ2) is 10.1. The van der Waals surface area contributed by atoms with Gasteiger partial charge in [-0.2, -0.15) is 0 Å². The smallest absolute Gasteiger partial charge is 0.328 e. The number of aliphatic carboxylic acids is 1. The molecule has 0 saturated carbocycles. The number of primary amides is 1. The highest BCUT2D eigenvalue weighted by Crippen LogP contribution is 1.97. The number of carboxylic acids is 1. The van der Waals surface area contributed by atoms with E-state index in [0.717, 1.165) is 6.08 Å². The summed E-state index contributed by atoms with van der Waals surface area (Å²) >= 11 is 0. The molecule has 0 aromatic heterocycles. The van der Waals surface area contributed by atoms with Gasteiger partial charge in [-0.05, 0) is 5.56 Å². The molecular weight excluding hydrogens is 220 g/mol. The Hall–Kier alpha value is -2.40. The van der Waals surface area contributed by atoms with Gasteiger partial charge in [-0.15, -0.1) is 0 Å². The van der Waals surface area contributed by atoms with Crippen molar-refractivity contribution < 1.29 is 14.7 Å². The van der Waals surface area contributed by atoms with Crippen LogP contribution in [0.5, 0.6) is 0 Å². The molecule has 0 spiro atoms. The maximum Gasteiger partial charge on any atom is 0.328 e. The van der Waals surface area contributed by atoms with Crippen molar-refractivity contribution in [1.82, 2.24) is 6.15 Å². The topological polar surface area (TPSA) is 115 Å². The Morgan fingerprint density at radius 3 is 1.94 bits per heavy atom. The van der Waals surface area contributed by atoms with Crippen molar-refractivity contribution in [3.63, 3.8) is 0 Å². The predicted molar refractivity (Wildman–Crippen MR) is 67.5 cm³/mol. The molecule has 6 N–H and O–H groups in total. The van der Waals surface area contributed by atoms with Crippen LogP contribution in [0.3, 0.4) is 0 Å². The second-order valence-corrected chi connectivity index (χ2v) is 2.69. The maximum absolute atomic E-state index is 9.78. The summed E-state index contributed by atoms with van der Waals surface area (Å²) in [6.07, 6.45) is 3.30. The summed E-state index contributed by atoms with van der Waals surface area (Å²) in [6.45, 7) is 3.63. The third-order valence-corrected chi connectivity index (χ3v) is 1.43. The molecule has 1 rings (SSSR count). The second-order valence-electron chi connectivity index (χ2n) is 2.69. The Morgan fingerprint density at radius 2 is 1.71 bits per heavy atom. The van der Waals surface area contributed by atoms with E-state index in [9.17, 15) is 9.59 Å². The first-order valence-corrected chi connectivity index (χ1v) is 4.44. The van der Waals surface area contributed by atoms with E-state index in [1.807, 2.05) is 36.4 Å². The Labute approximate surface area is 99.8 Å². The predicted octanol–water partition coefficient (Wildman–Crippen LogP) is 1.60. The summed E-state index contributed by atoms with van der Waals surface area (Å²) in [5.74, 6) is -1.93. The number of hydrogen-bond donors (Lipinski definition) is 3. The molecule has 1 aromatic rings. The number of amides is 1. The SMILES string of the molecule is C=Cc1ccccc1.N.NC(=O)/C=C/C(=O)O. The van der Waals surface area contributed by atoms with Crippen molar-refractivity contribution in [2.45, 2.75) is 0 Å². The minimum absolute atomic E-state index is 0. The molecular formula is C12H16N2O3. The molecule has 0 fully saturated rings. The van der Waals surface area contributed by atoms with Crippen molar-refractivity contribution in [3.8, 4) is 0 Å². The molecule has 0 unspecified atom stereocenters. The van der Waals surface area contributed by atoms with Crippen LogP contribution in [-0.2, 0) is 9.59 Å². The summed E-state index contributed by atoms with van der Waals surface area (Å²) in [4.78, 5) is 19.4. The van der Waals surface area contributed by atoms with Gasteiger partial charge in [-0.25, -0.2) is 4.79 Å². The van der Waals surface area contributed by atoms with Crippen LogP contribution in [0.15, 0.2) is 49.1 Å². The van der Waals surface area contributed by atoms with Crippen LogP contribution in [0.25, 0.3) is 6.08 Å². The standard InChI is InChI=1S/C8H8.C4H5NO3.H3N/c1-2-8-6-4-3-5-7-8;5-3(6)1-2-4(7)8;/h2-7H,1H2;1-2H,(H2,5,6)(H,7,8);1H3/b;2-1+;. The quantitative estimate of drug-likeness (QED) is 0.691. The summed E-state index contributed by atoms with van der Waals surface area (Å²) in [6, 6.07) is 10.0. The lowest BCUT2D eigenvalue weighted by Gasteiger charge is -1.85. The van der Waals surface area contributed by atoms with Crippen LogP contribution in [0.1, 0.15) is 5.56 Å². The largest absolute Gasteiger partial charge is 0.478 e. The molecule has 5 heteroatoms. The van der Waals surface area contributed by atoms with Gasteiger partial charge in [-0.1, -0.05) is 43.0 Å². The van der Waals surface area contributed by atoms with Crippen molar-refractivity contribution in [2.24, 2.45) is 5.73 Å². The minimum atomic E-state index is -1.18. The monoisotopic (exact) mass is 236 g/mol. The van der Waals surface area contributed by atoms with E-state index in [4.69, 9.17) is 5.11 Å². The summed E-state index contributed by atoms with van der Waals surface area (Å²) in [7, 11) is 0. The van der Waals surface area contributed by atoms with Gasteiger partial charge in [0.1, 0.15) is 0 Å². The average Bonchev–Trinajstić information content (AvgIpc) is 2.28. The van der Waals surface area contributed by atoms with E-state index >= 15 is 0 Å². The minimum Gasteiger partial charge on any atom is -0.478 e. The fraction of sp³-hybridized carbons (Fsp3) is 0. The molecule has 0 radical (unpaired) electrons. The molecule has 1 amide bonds. The van der Waals surface area contributed by atoms with Crippen molar-refractivity contribution >= 4 is 18.0 Å². The molecule has 0 saturated heterocycles. The molecule has 0 atom stereocenters. The number of benzene rings is 1. The molecule has 17 heavy (non-hydrogen) atoms. The molecule has 1 aromatic carbocycles. The molecule has 5 nitrogen and oxygen atoms in total. The van der Waals surface area contributed by atoms with Gasteiger partial charge in [0.05, 0.1) is 0 Å². The first-order chi connectivity index (χ1) is 7.56. The van der Waals surface area contributed by atoms with E-state index in [-0.39, 0.29) is 6.15 Å². The Morgan fingerprint density at radius 1 is 1.18 bits per heavy atom. The van der Waals surface area contributed by atoms with Gasteiger partial charge in [-0.3, -0.25) is 4.79 Å². The summed E-state index contributed by atoms with van der Waals surface area (Å²) in [5, 5.41) is 7.87. The van der Waals surface area contributed by atoms with Crippen LogP contribution >= 0.6 is 0 Å². The Balaban J connectivity index is 0. The highest BCUT2D eigenvalue weighted by atomic mass is 16.4. The number of nitrogens with two attached hydrogens (primary N) is 1. The molecule has 92 valence electrons. The zero-order valence-electron chi connectivity index (χ0n) is 9.37. The normalized spacial score (nSPS) is 8.47. The molecule has 0 aliphatic carbocycles. The molecule has 0 heterocycles. The van der Waals surface area contributed by atoms with Gasteiger partial charge in [0.25, 0.3) is 0 Å². The summed E-state index contributed by atoms with van der Waals surface area (Å²) in [5.41, 5.74) is 5.73. The first-order valence-electron chi connectivity index (χ1n) is 4.44. The van der Waals surface area contributed by atoms with Gasteiger partial charge >= 0.3 is 5.97 Å². The van der Waals surface area contributed by atoms with E-state index in [0.29, 0.717) is 6.08 Å². The number of carbonyl (C=O) groups is 2. The number of rotatable bonds is 3. The zero-order valence-corrected chi connectivity index (χ0v) is 9.37. The number of hydrogen-bond acceptors (Lipinski definition) is 3. The van der Waals surface area contributed by atoms with Crippen LogP contribution in [0, 0.1) is 0 Å². The number of carbonyl (C=O) groups excluding carboxylic acids is 1. The highest BCUT2D eigenvalue weighted by Gasteiger charge is 1.86. The van der Waals surface area contributed by atoms with Crippen molar-refractivity contribution in [1.29, 1.82) is 0 Å². The van der Waals surface area contributed by atoms with E-state index in [1.54, 1.807) is 0 Å². The van der Waals surface area contributed by atoms with Crippen molar-refractivity contribution in [2.75, 3.05) is 0 Å². The highest BCUT2D eigenvalue weighted by molar-refractivity contribution is 5.92. The lowest BCUT2D eigenvalue weighted by molar-refractivity contribution is -0.131. The van der Waals surface area contributed by atoms with Gasteiger partial charge in [0.2, 0.25) is 5.91 Å². The van der Waals surface area contributed by atoms with E-state index < -0.39 is 11.9 Å². The fourth-order valence-corrected chi connectivity index (χ4v) is 0.743. The van der Waals surface area contributed by atoms with Crippen LogP contribution in [0.4, 0.5) is 0 Å². The van der Waals surface area contributed by atoms with Gasteiger partial charge in [0.15, 0.2) is 0 Å².